The van der Waals surface area contributed by atoms with Crippen LogP contribution in [0.15, 0.2) is 72.8 Å². The molecule has 0 radical (unpaired) electrons. The zero-order chi connectivity index (χ0) is 31.5. The van der Waals surface area contributed by atoms with E-state index in [-0.39, 0.29) is 17.2 Å². The van der Waals surface area contributed by atoms with Gasteiger partial charge < -0.3 is 39.0 Å². The van der Waals surface area contributed by atoms with E-state index in [2.05, 4.69) is 5.32 Å². The van der Waals surface area contributed by atoms with Crippen LogP contribution < -0.4 is 29.0 Å². The average molecular weight is 611 g/mol. The molecule has 3 heterocycles. The van der Waals surface area contributed by atoms with Crippen LogP contribution in [0.3, 0.4) is 0 Å². The number of aromatic hydroxyl groups is 1. The maximum absolute atomic E-state index is 14.3. The first-order valence-electron chi connectivity index (χ1n) is 14.7. The lowest BCUT2D eigenvalue weighted by Crippen LogP contribution is -2.40. The highest BCUT2D eigenvalue weighted by molar-refractivity contribution is 5.99. The minimum Gasteiger partial charge on any atom is -0.507 e. The number of nitrogens with zero attached hydrogens (tertiary/aromatic N) is 1. The van der Waals surface area contributed by atoms with Crippen molar-refractivity contribution >= 4 is 11.8 Å². The maximum Gasteiger partial charge on any atom is 0.258 e. The second kappa shape index (κ2) is 12.7. The summed E-state index contributed by atoms with van der Waals surface area (Å²) in [6.45, 7) is 1.04. The monoisotopic (exact) mass is 610 g/mol. The molecule has 2 N–H and O–H groups in total. The average Bonchev–Trinajstić information content (AvgIpc) is 3.07. The molecule has 2 amide bonds. The van der Waals surface area contributed by atoms with Gasteiger partial charge in [-0.2, -0.15) is 0 Å². The molecule has 8 bridgehead atoms. The first-order chi connectivity index (χ1) is 21.9. The quantitative estimate of drug-likeness (QED) is 0.311. The number of phenols is 1. The van der Waals surface area contributed by atoms with Gasteiger partial charge in [0.15, 0.2) is 23.0 Å². The lowest BCUT2D eigenvalue weighted by molar-refractivity contribution is 0.0689. The Morgan fingerprint density at radius 3 is 2.53 bits per heavy atom. The Morgan fingerprint density at radius 1 is 0.933 bits per heavy atom. The summed E-state index contributed by atoms with van der Waals surface area (Å²) in [5, 5.41) is 13.2. The minimum absolute atomic E-state index is 0.115. The molecule has 0 saturated carbocycles. The highest BCUT2D eigenvalue weighted by atomic mass is 16.5. The molecule has 7 rings (SSSR count). The molecule has 0 aliphatic carbocycles. The summed E-state index contributed by atoms with van der Waals surface area (Å²) in [4.78, 5) is 29.0. The SMILES string of the molecule is COc1ccc2cc1OCCCNC(=O)c1cc(ccc1O)Oc1ccc3c(c1)CCN(C(=O)c1cccc(OC)c1OC)C23. The third-order valence-corrected chi connectivity index (χ3v) is 8.05. The Morgan fingerprint density at radius 2 is 1.73 bits per heavy atom. The first-order valence-corrected chi connectivity index (χ1v) is 14.7. The molecule has 4 aromatic carbocycles. The van der Waals surface area contributed by atoms with Gasteiger partial charge in [0.05, 0.1) is 45.1 Å². The second-order valence-electron chi connectivity index (χ2n) is 10.7. The molecular weight excluding hydrogens is 576 g/mol. The van der Waals surface area contributed by atoms with Gasteiger partial charge in [-0.05, 0) is 84.1 Å². The Bertz CT molecular complexity index is 1750. The van der Waals surface area contributed by atoms with Crippen LogP contribution in [0.2, 0.25) is 0 Å². The lowest BCUT2D eigenvalue weighted by atomic mass is 9.87. The molecule has 3 aliphatic heterocycles. The molecule has 3 aliphatic rings. The van der Waals surface area contributed by atoms with Gasteiger partial charge in [0.2, 0.25) is 0 Å². The number of fused-ring (bicyclic) bond motifs is 6. The summed E-state index contributed by atoms with van der Waals surface area (Å²) in [5.41, 5.74) is 3.30. The van der Waals surface area contributed by atoms with Gasteiger partial charge in [-0.15, -0.1) is 0 Å². The van der Waals surface area contributed by atoms with Crippen molar-refractivity contribution in [3.8, 4) is 40.2 Å². The number of para-hydroxylation sites is 1. The van der Waals surface area contributed by atoms with Gasteiger partial charge >= 0.3 is 0 Å². The van der Waals surface area contributed by atoms with Gasteiger partial charge in [-0.1, -0.05) is 18.2 Å². The second-order valence-corrected chi connectivity index (χ2v) is 10.7. The van der Waals surface area contributed by atoms with E-state index in [1.165, 1.54) is 19.2 Å². The topological polar surface area (TPSA) is 116 Å². The van der Waals surface area contributed by atoms with Crippen molar-refractivity contribution in [3.05, 3.63) is 101 Å². The van der Waals surface area contributed by atoms with E-state index in [1.54, 1.807) is 38.5 Å². The van der Waals surface area contributed by atoms with E-state index >= 15 is 0 Å². The van der Waals surface area contributed by atoms with Crippen molar-refractivity contribution in [2.75, 3.05) is 41.0 Å². The van der Waals surface area contributed by atoms with Crippen molar-refractivity contribution in [2.24, 2.45) is 0 Å². The van der Waals surface area contributed by atoms with Crippen molar-refractivity contribution < 1.29 is 38.4 Å². The standard InChI is InChI=1S/C35H34N2O8/c1-41-29-13-8-22-19-31(29)44-17-5-15-36-34(39)27-20-24(10-12-28(27)38)45-23-9-11-25-21(18-23)14-16-37(32(22)25)35(40)26-6-4-7-30(42-2)33(26)43-3/h4,6-13,18-20,32,38H,5,14-17H2,1-3H3,(H,36,39). The molecule has 10 nitrogen and oxygen atoms in total. The Balaban J connectivity index is 1.47. The van der Waals surface area contributed by atoms with Crippen molar-refractivity contribution in [2.45, 2.75) is 18.9 Å². The molecule has 1 atom stereocenters. The fourth-order valence-electron chi connectivity index (χ4n) is 5.88. The zero-order valence-electron chi connectivity index (χ0n) is 25.3. The van der Waals surface area contributed by atoms with E-state index in [9.17, 15) is 14.7 Å². The number of carbonyl (C=O) groups is 2. The molecule has 0 spiro atoms. The van der Waals surface area contributed by atoms with Crippen LogP contribution in [0.4, 0.5) is 0 Å². The molecule has 10 heteroatoms. The minimum atomic E-state index is -0.460. The summed E-state index contributed by atoms with van der Waals surface area (Å²) >= 11 is 0. The molecule has 0 fully saturated rings. The fourth-order valence-corrected chi connectivity index (χ4v) is 5.88. The molecule has 0 saturated heterocycles. The third-order valence-electron chi connectivity index (χ3n) is 8.05. The van der Waals surface area contributed by atoms with Crippen LogP contribution in [0, 0.1) is 0 Å². The maximum atomic E-state index is 14.3. The summed E-state index contributed by atoms with van der Waals surface area (Å²) in [6.07, 6.45) is 1.08. The number of hydrogen-bond acceptors (Lipinski definition) is 8. The van der Waals surface area contributed by atoms with Gasteiger partial charge in [-0.25, -0.2) is 0 Å². The van der Waals surface area contributed by atoms with Crippen LogP contribution in [0.25, 0.3) is 0 Å². The molecule has 1 unspecified atom stereocenters. The number of nitrogens with one attached hydrogen (secondary N) is 1. The van der Waals surface area contributed by atoms with E-state index < -0.39 is 11.9 Å². The number of amides is 2. The van der Waals surface area contributed by atoms with Crippen LogP contribution in [-0.4, -0.2) is 62.8 Å². The summed E-state index contributed by atoms with van der Waals surface area (Å²) in [5.74, 6) is 2.14. The highest BCUT2D eigenvalue weighted by Gasteiger charge is 2.35. The number of hydrogen-bond donors (Lipinski definition) is 2. The predicted octanol–water partition coefficient (Wildman–Crippen LogP) is 5.51. The van der Waals surface area contributed by atoms with Gasteiger partial charge in [0.25, 0.3) is 11.8 Å². The van der Waals surface area contributed by atoms with Crippen LogP contribution in [0.5, 0.6) is 40.2 Å². The van der Waals surface area contributed by atoms with Crippen molar-refractivity contribution in [1.29, 1.82) is 0 Å². The summed E-state index contributed by atoms with van der Waals surface area (Å²) in [6, 6.07) is 20.8. The van der Waals surface area contributed by atoms with Gasteiger partial charge in [0, 0.05) is 13.1 Å². The highest BCUT2D eigenvalue weighted by Crippen LogP contribution is 2.42. The summed E-state index contributed by atoms with van der Waals surface area (Å²) < 4.78 is 29.0. The predicted molar refractivity (Wildman–Crippen MR) is 166 cm³/mol. The summed E-state index contributed by atoms with van der Waals surface area (Å²) in [7, 11) is 4.64. The van der Waals surface area contributed by atoms with Gasteiger partial charge in [0.1, 0.15) is 17.2 Å². The molecule has 45 heavy (non-hydrogen) atoms. The van der Waals surface area contributed by atoms with Crippen molar-refractivity contribution in [1.82, 2.24) is 10.2 Å². The van der Waals surface area contributed by atoms with Crippen LogP contribution in [0.1, 0.15) is 49.9 Å². The molecular formula is C35H34N2O8. The van der Waals surface area contributed by atoms with E-state index in [4.69, 9.17) is 23.7 Å². The molecule has 0 aromatic heterocycles. The van der Waals surface area contributed by atoms with Gasteiger partial charge in [-0.3, -0.25) is 9.59 Å². The molecule has 4 aromatic rings. The lowest BCUT2D eigenvalue weighted by Gasteiger charge is -2.38. The number of ether oxygens (including phenoxy) is 5. The largest absolute Gasteiger partial charge is 0.507 e. The molecule has 232 valence electrons. The van der Waals surface area contributed by atoms with Crippen LogP contribution in [-0.2, 0) is 6.42 Å². The number of carbonyl (C=O) groups excluding carboxylic acids is 2. The van der Waals surface area contributed by atoms with E-state index in [0.29, 0.717) is 72.6 Å². The normalized spacial score (nSPS) is 15.9. The van der Waals surface area contributed by atoms with Crippen molar-refractivity contribution in [3.63, 3.8) is 0 Å². The smallest absolute Gasteiger partial charge is 0.258 e. The fraction of sp³-hybridized carbons (Fsp3) is 0.257. The van der Waals surface area contributed by atoms with Crippen LogP contribution >= 0.6 is 0 Å². The Labute approximate surface area is 261 Å². The zero-order valence-corrected chi connectivity index (χ0v) is 25.3. The first kappa shape index (κ1) is 29.7. The Hall–Kier alpha value is -5.38. The number of rotatable bonds is 4. The Kier molecular flexibility index (Phi) is 8.37. The third kappa shape index (κ3) is 5.78. The number of methoxy groups -OCH3 is 3. The number of phenolic OH excluding ortho intramolecular Hbond substituents is 1. The van der Waals surface area contributed by atoms with E-state index in [1.807, 2.05) is 41.3 Å². The van der Waals surface area contributed by atoms with E-state index in [0.717, 1.165) is 16.7 Å². The number of benzene rings is 4.